The van der Waals surface area contributed by atoms with Gasteiger partial charge in [0.1, 0.15) is 17.4 Å². The van der Waals surface area contributed by atoms with E-state index in [1.54, 1.807) is 6.07 Å². The van der Waals surface area contributed by atoms with Gasteiger partial charge in [0, 0.05) is 25.3 Å². The molecule has 0 spiro atoms. The number of H-pyrrole nitrogens is 2. The van der Waals surface area contributed by atoms with Gasteiger partial charge in [-0.15, -0.1) is 0 Å². The molecule has 4 aromatic heterocycles. The molecule has 3 N–H and O–H groups in total. The van der Waals surface area contributed by atoms with Crippen molar-refractivity contribution in [3.05, 3.63) is 137 Å². The van der Waals surface area contributed by atoms with Gasteiger partial charge in [0.15, 0.2) is 0 Å². The maximum absolute atomic E-state index is 12.2. The molecule has 0 saturated carbocycles. The average molecular weight is 819 g/mol. The average Bonchev–Trinajstić information content (AvgIpc) is 3.21. The number of fused-ring (bicyclic) bond motifs is 2. The van der Waals surface area contributed by atoms with E-state index < -0.39 is 27.6 Å². The van der Waals surface area contributed by atoms with Crippen LogP contribution >= 0.6 is 0 Å². The standard InChI is InChI=1S/C16H14N2O4.C10H10N2O4S.C7H8O.C6H15N.C2H3N.CH4/c1-2-11-8-12(19)22-15-13(11)14(20)17-16(18-15)21-9-10-6-4-3-5-7-10;1-3-5-4-6(13)16-9-7(5)8(14)11-10(12-9)17(2)15;8-6-7-4-2-1-3-5-7;1-4-7(5-2)6-3;1-2-3;/h3-8H,2,9H2,1H3,(H,17,18,20);4H,3H2,1-2H3,(H,11,12,14);1-5,8H,6H2;4-6H2,1-3H3;1H3;1H4. The highest BCUT2D eigenvalue weighted by molar-refractivity contribution is 7.84. The number of aromatic nitrogens is 4. The fourth-order valence-corrected chi connectivity index (χ4v) is 5.45. The number of aliphatic hydroxyl groups excluding tert-OH is 1. The van der Waals surface area contributed by atoms with Crippen LogP contribution in [-0.4, -0.2) is 60.0 Å². The third-order valence-corrected chi connectivity index (χ3v) is 8.71. The van der Waals surface area contributed by atoms with E-state index in [4.69, 9.17) is 23.9 Å². The van der Waals surface area contributed by atoms with E-state index in [1.807, 2.05) is 74.5 Å². The van der Waals surface area contributed by atoms with Crippen molar-refractivity contribution < 1.29 is 22.9 Å². The molecule has 0 amide bonds. The molecule has 6 aromatic rings. The summed E-state index contributed by atoms with van der Waals surface area (Å²) in [5.74, 6) is 0. The number of nitriles is 1. The van der Waals surface area contributed by atoms with E-state index in [1.165, 1.54) is 44.9 Å². The Morgan fingerprint density at radius 1 is 0.759 bits per heavy atom. The molecule has 0 fully saturated rings. The van der Waals surface area contributed by atoms with E-state index in [2.05, 4.69) is 45.6 Å². The zero-order valence-corrected chi connectivity index (χ0v) is 34.1. The number of benzene rings is 2. The number of hydrogen-bond donors (Lipinski definition) is 3. The summed E-state index contributed by atoms with van der Waals surface area (Å²) in [5.41, 5.74) is 1.08. The normalized spacial score (nSPS) is 10.5. The molecule has 0 aliphatic rings. The van der Waals surface area contributed by atoms with E-state index in [0.717, 1.165) is 11.1 Å². The highest BCUT2D eigenvalue weighted by Gasteiger charge is 2.14. The van der Waals surface area contributed by atoms with Crippen LogP contribution in [0.1, 0.15) is 71.2 Å². The van der Waals surface area contributed by atoms with Gasteiger partial charge in [0.2, 0.25) is 16.6 Å². The summed E-state index contributed by atoms with van der Waals surface area (Å²) in [6, 6.07) is 23.4. The van der Waals surface area contributed by atoms with Crippen molar-refractivity contribution in [2.45, 2.75) is 80.2 Å². The number of hydrogen-bond acceptors (Lipinski definition) is 13. The number of rotatable bonds is 10. The summed E-state index contributed by atoms with van der Waals surface area (Å²) < 4.78 is 26.6. The Bertz CT molecular complexity index is 2430. The van der Waals surface area contributed by atoms with Gasteiger partial charge in [-0.2, -0.15) is 15.2 Å². The number of aliphatic hydroxyl groups is 1. The van der Waals surface area contributed by atoms with Crippen LogP contribution in [0, 0.1) is 11.3 Å². The van der Waals surface area contributed by atoms with Crippen molar-refractivity contribution in [2.75, 3.05) is 25.9 Å². The van der Waals surface area contributed by atoms with Crippen molar-refractivity contribution in [3.8, 4) is 12.1 Å². The van der Waals surface area contributed by atoms with E-state index in [0.29, 0.717) is 24.0 Å². The number of nitrogens with zero attached hydrogens (tertiary/aromatic N) is 4. The second-order valence-electron chi connectivity index (χ2n) is 11.7. The second-order valence-corrected chi connectivity index (χ2v) is 13.0. The highest BCUT2D eigenvalue weighted by atomic mass is 32.2. The molecular weight excluding hydrogens is 765 g/mol. The third-order valence-electron chi connectivity index (χ3n) is 7.97. The molecule has 0 aliphatic carbocycles. The molecule has 0 saturated heterocycles. The van der Waals surface area contributed by atoms with Gasteiger partial charge in [-0.25, -0.2) is 9.59 Å². The van der Waals surface area contributed by atoms with Crippen LogP contribution in [0.25, 0.3) is 22.2 Å². The zero-order chi connectivity index (χ0) is 42.3. The third kappa shape index (κ3) is 15.8. The Morgan fingerprint density at radius 3 is 1.57 bits per heavy atom. The predicted octanol–water partition coefficient (Wildman–Crippen LogP) is 5.89. The summed E-state index contributed by atoms with van der Waals surface area (Å²) in [7, 11) is -1.44. The van der Waals surface area contributed by atoms with E-state index in [9.17, 15) is 23.4 Å². The maximum Gasteiger partial charge on any atom is 0.337 e. The molecular formula is C42H54N6O9S. The molecule has 58 heavy (non-hydrogen) atoms. The summed E-state index contributed by atoms with van der Waals surface area (Å²) in [5, 5.41) is 16.4. The first-order valence-corrected chi connectivity index (χ1v) is 19.8. The lowest BCUT2D eigenvalue weighted by molar-refractivity contribution is 0.279. The molecule has 2 aromatic carbocycles. The van der Waals surface area contributed by atoms with Gasteiger partial charge in [-0.05, 0) is 54.7 Å². The Kier molecular flexibility index (Phi) is 23.1. The van der Waals surface area contributed by atoms with Crippen molar-refractivity contribution in [3.63, 3.8) is 0 Å². The number of aryl methyl sites for hydroxylation is 2. The minimum absolute atomic E-state index is 0. The monoisotopic (exact) mass is 818 g/mol. The van der Waals surface area contributed by atoms with Gasteiger partial charge in [-0.3, -0.25) is 23.8 Å². The quantitative estimate of drug-likeness (QED) is 0.137. The largest absolute Gasteiger partial charge is 0.460 e. The molecule has 16 heteroatoms. The Balaban J connectivity index is 0.000000412. The Labute approximate surface area is 339 Å². The Morgan fingerprint density at radius 2 is 1.19 bits per heavy atom. The molecule has 6 rings (SSSR count). The van der Waals surface area contributed by atoms with Crippen LogP contribution in [0.5, 0.6) is 6.01 Å². The summed E-state index contributed by atoms with van der Waals surface area (Å²) >= 11 is 0. The first-order valence-electron chi connectivity index (χ1n) is 18.2. The highest BCUT2D eigenvalue weighted by Crippen LogP contribution is 2.15. The zero-order valence-electron chi connectivity index (χ0n) is 33.3. The number of ether oxygens (including phenoxy) is 1. The molecule has 0 radical (unpaired) electrons. The maximum atomic E-state index is 12.2. The first kappa shape index (κ1) is 50.0. The van der Waals surface area contributed by atoms with Crippen LogP contribution in [0.2, 0.25) is 0 Å². The molecule has 15 nitrogen and oxygen atoms in total. The smallest absolute Gasteiger partial charge is 0.337 e. The lowest BCUT2D eigenvalue weighted by Gasteiger charge is -2.13. The number of nitrogens with one attached hydrogen (secondary N) is 2. The van der Waals surface area contributed by atoms with Crippen LogP contribution in [0.3, 0.4) is 0 Å². The van der Waals surface area contributed by atoms with Crippen LogP contribution in [-0.2, 0) is 36.9 Å². The SMILES string of the molecule is C.CC#N.CCN(CC)CC.CCc1cc(=O)oc2nc(OCc3ccccc3)[nH]c(=O)c12.CCc1cc(=O)oc2nc(S(C)=O)[nH]c(=O)c12.OCc1ccccc1. The van der Waals surface area contributed by atoms with Gasteiger partial charge >= 0.3 is 11.3 Å². The van der Waals surface area contributed by atoms with Crippen molar-refractivity contribution in [2.24, 2.45) is 0 Å². The van der Waals surface area contributed by atoms with Gasteiger partial charge in [0.05, 0.1) is 23.5 Å². The molecule has 312 valence electrons. The van der Waals surface area contributed by atoms with Gasteiger partial charge in [-0.1, -0.05) is 103 Å². The van der Waals surface area contributed by atoms with Crippen LogP contribution in [0.4, 0.5) is 0 Å². The fraction of sp³-hybridized carbons (Fsp3) is 0.357. The predicted molar refractivity (Wildman–Crippen MR) is 228 cm³/mol. The minimum atomic E-state index is -1.44. The van der Waals surface area contributed by atoms with Crippen LogP contribution in [0.15, 0.2) is 106 Å². The molecule has 0 bridgehead atoms. The summed E-state index contributed by atoms with van der Waals surface area (Å²) in [4.78, 5) is 62.0. The first-order chi connectivity index (χ1) is 27.4. The molecule has 1 atom stereocenters. The van der Waals surface area contributed by atoms with Crippen LogP contribution < -0.4 is 27.1 Å². The molecule has 4 heterocycles. The van der Waals surface area contributed by atoms with Gasteiger partial charge < -0.3 is 23.6 Å². The number of aromatic amines is 2. The van der Waals surface area contributed by atoms with E-state index in [-0.39, 0.29) is 59.6 Å². The second kappa shape index (κ2) is 26.8. The summed E-state index contributed by atoms with van der Waals surface area (Å²) in [6.45, 7) is 15.6. The van der Waals surface area contributed by atoms with E-state index >= 15 is 0 Å². The Hall–Kier alpha value is -6.02. The lowest BCUT2D eigenvalue weighted by atomic mass is 10.1. The molecule has 1 unspecified atom stereocenters. The lowest BCUT2D eigenvalue weighted by Crippen LogP contribution is -2.21. The molecule has 0 aliphatic heterocycles. The van der Waals surface area contributed by atoms with Gasteiger partial charge in [0.25, 0.3) is 17.1 Å². The fourth-order valence-electron chi connectivity index (χ4n) is 5.00. The van der Waals surface area contributed by atoms with Crippen molar-refractivity contribution in [1.82, 2.24) is 24.8 Å². The minimum Gasteiger partial charge on any atom is -0.460 e. The topological polar surface area (TPSA) is 225 Å². The summed E-state index contributed by atoms with van der Waals surface area (Å²) in [6.07, 6.45) is 2.43. The van der Waals surface area contributed by atoms with Crippen molar-refractivity contribution >= 4 is 33.0 Å². The van der Waals surface area contributed by atoms with Crippen molar-refractivity contribution in [1.29, 1.82) is 5.26 Å².